The molecule has 1 amide bonds. The zero-order valence-electron chi connectivity index (χ0n) is 34.1. The number of aryl methyl sites for hydroxylation is 1. The van der Waals surface area contributed by atoms with Crippen LogP contribution in [0, 0.1) is 25.2 Å². The molecule has 5 rings (SSSR count). The van der Waals surface area contributed by atoms with Crippen LogP contribution < -0.4 is 14.8 Å². The van der Waals surface area contributed by atoms with Crippen molar-refractivity contribution < 1.29 is 44.3 Å². The number of rotatable bonds is 22. The van der Waals surface area contributed by atoms with E-state index in [2.05, 4.69) is 33.5 Å². The topological polar surface area (TPSA) is 212 Å². The van der Waals surface area contributed by atoms with Crippen molar-refractivity contribution in [2.45, 2.75) is 90.6 Å². The molecule has 0 aliphatic carbocycles. The lowest BCUT2D eigenvalue weighted by Gasteiger charge is -2.18. The number of nitrogens with zero attached hydrogens (tertiary/aromatic N) is 3. The third kappa shape index (κ3) is 13.3. The summed E-state index contributed by atoms with van der Waals surface area (Å²) in [5.41, 5.74) is 8.95. The quantitative estimate of drug-likeness (QED) is 0.0419. The molecule has 2 aromatic heterocycles. The van der Waals surface area contributed by atoms with E-state index in [9.17, 15) is 29.9 Å². The summed E-state index contributed by atoms with van der Waals surface area (Å²) in [4.78, 5) is 43.0. The van der Waals surface area contributed by atoms with Crippen molar-refractivity contribution in [3.63, 3.8) is 0 Å². The number of hydrogen-bond donors (Lipinski definition) is 5. The van der Waals surface area contributed by atoms with Gasteiger partial charge in [0.2, 0.25) is 0 Å². The molecule has 0 unspecified atom stereocenters. The van der Waals surface area contributed by atoms with E-state index >= 15 is 0 Å². The van der Waals surface area contributed by atoms with Crippen LogP contribution in [0.1, 0.15) is 88.8 Å². The van der Waals surface area contributed by atoms with E-state index in [0.717, 1.165) is 44.5 Å². The van der Waals surface area contributed by atoms with E-state index < -0.39 is 24.1 Å². The summed E-state index contributed by atoms with van der Waals surface area (Å²) in [7, 11) is 0. The van der Waals surface area contributed by atoms with Crippen molar-refractivity contribution >= 4 is 29.4 Å². The second kappa shape index (κ2) is 22.3. The SMILES string of the molecule is Cc1c(COc2cc(OCc3cncc(C#N)c3)c(CCC[C@@H](O)CC(=O)O)cc2Cl)cccc1-c1cccc(-c2ccc(C(=O)NCCCC[C@@H](O)CC(=O)O)nc2)c1C. The van der Waals surface area contributed by atoms with Crippen LogP contribution in [0.2, 0.25) is 5.02 Å². The maximum absolute atomic E-state index is 12.7. The molecular formula is C47H49ClN4O9. The largest absolute Gasteiger partial charge is 0.488 e. The molecular weight excluding hydrogens is 800 g/mol. The number of amides is 1. The van der Waals surface area contributed by atoms with Gasteiger partial charge in [-0.15, -0.1) is 0 Å². The Morgan fingerprint density at radius 3 is 2.13 bits per heavy atom. The Morgan fingerprint density at radius 2 is 1.44 bits per heavy atom. The van der Waals surface area contributed by atoms with E-state index in [4.69, 9.17) is 31.3 Å². The number of aliphatic hydroxyl groups is 2. The van der Waals surface area contributed by atoms with Gasteiger partial charge in [0.15, 0.2) is 0 Å². The Balaban J connectivity index is 1.28. The zero-order chi connectivity index (χ0) is 43.9. The fraction of sp³-hybridized carbons (Fsp3) is 0.319. The van der Waals surface area contributed by atoms with Gasteiger partial charge in [-0.1, -0.05) is 54.1 Å². The highest BCUT2D eigenvalue weighted by Gasteiger charge is 2.17. The molecule has 5 N–H and O–H groups in total. The second-order valence-electron chi connectivity index (χ2n) is 14.8. The number of carboxylic acids is 2. The van der Waals surface area contributed by atoms with Gasteiger partial charge in [0.25, 0.3) is 5.91 Å². The Morgan fingerprint density at radius 1 is 0.770 bits per heavy atom. The summed E-state index contributed by atoms with van der Waals surface area (Å²) >= 11 is 6.78. The van der Waals surface area contributed by atoms with Gasteiger partial charge in [0.05, 0.1) is 35.6 Å². The number of pyridine rings is 2. The lowest BCUT2D eigenvalue weighted by molar-refractivity contribution is -0.140. The average Bonchev–Trinajstić information content (AvgIpc) is 3.23. The number of aliphatic hydroxyl groups excluding tert-OH is 2. The van der Waals surface area contributed by atoms with Crippen LogP contribution >= 0.6 is 11.6 Å². The molecule has 2 heterocycles. The monoisotopic (exact) mass is 848 g/mol. The van der Waals surface area contributed by atoms with Gasteiger partial charge in [0.1, 0.15) is 36.5 Å². The van der Waals surface area contributed by atoms with E-state index in [0.29, 0.717) is 66.3 Å². The first-order chi connectivity index (χ1) is 29.3. The Hall–Kier alpha value is -6.33. The predicted octanol–water partition coefficient (Wildman–Crippen LogP) is 8.00. The highest BCUT2D eigenvalue weighted by Crippen LogP contribution is 2.37. The number of nitriles is 1. The molecule has 0 saturated heterocycles. The maximum Gasteiger partial charge on any atom is 0.305 e. The summed E-state index contributed by atoms with van der Waals surface area (Å²) in [6.07, 6.45) is 5.03. The molecule has 0 radical (unpaired) electrons. The third-order valence-corrected chi connectivity index (χ3v) is 10.5. The first-order valence-corrected chi connectivity index (χ1v) is 20.4. The molecule has 0 saturated carbocycles. The van der Waals surface area contributed by atoms with Gasteiger partial charge in [-0.3, -0.25) is 24.4 Å². The summed E-state index contributed by atoms with van der Waals surface area (Å²) in [6.45, 7) is 4.79. The van der Waals surface area contributed by atoms with Crippen LogP contribution in [0.4, 0.5) is 0 Å². The minimum absolute atomic E-state index is 0.125. The Bertz CT molecular complexity index is 2360. The molecule has 0 spiro atoms. The first-order valence-electron chi connectivity index (χ1n) is 20.0. The molecule has 13 nitrogen and oxygen atoms in total. The number of carbonyl (C=O) groups is 3. The normalized spacial score (nSPS) is 11.9. The summed E-state index contributed by atoms with van der Waals surface area (Å²) in [5.74, 6) is -1.53. The van der Waals surface area contributed by atoms with Gasteiger partial charge >= 0.3 is 11.9 Å². The highest BCUT2D eigenvalue weighted by atomic mass is 35.5. The molecule has 14 heteroatoms. The molecule has 0 aliphatic rings. The van der Waals surface area contributed by atoms with Crippen molar-refractivity contribution in [3.05, 3.63) is 129 Å². The van der Waals surface area contributed by atoms with Crippen LogP contribution in [0.15, 0.2) is 85.3 Å². The van der Waals surface area contributed by atoms with Gasteiger partial charge in [-0.05, 0) is 110 Å². The van der Waals surface area contributed by atoms with Crippen LogP contribution in [-0.4, -0.2) is 67.0 Å². The number of aromatic nitrogens is 2. The van der Waals surface area contributed by atoms with Crippen LogP contribution in [-0.2, 0) is 29.2 Å². The van der Waals surface area contributed by atoms with Crippen molar-refractivity contribution in [2.75, 3.05) is 6.54 Å². The number of unbranched alkanes of at least 4 members (excludes halogenated alkanes) is 1. The summed E-state index contributed by atoms with van der Waals surface area (Å²) in [6, 6.07) is 22.9. The zero-order valence-corrected chi connectivity index (χ0v) is 34.8. The fourth-order valence-corrected chi connectivity index (χ4v) is 7.19. The summed E-state index contributed by atoms with van der Waals surface area (Å²) < 4.78 is 12.6. The third-order valence-electron chi connectivity index (χ3n) is 10.2. The Labute approximate surface area is 359 Å². The number of hydrogen-bond acceptors (Lipinski definition) is 10. The lowest BCUT2D eigenvalue weighted by Crippen LogP contribution is -2.25. The highest BCUT2D eigenvalue weighted by molar-refractivity contribution is 6.32. The van der Waals surface area contributed by atoms with Gasteiger partial charge in [-0.25, -0.2) is 0 Å². The fourth-order valence-electron chi connectivity index (χ4n) is 6.95. The van der Waals surface area contributed by atoms with Gasteiger partial charge < -0.3 is 35.2 Å². The standard InChI is InChI=1S/C47H49ClN4O9/c1-29-35(28-61-44-22-43(60-27-32-18-31(23-49)24-50-25-32)33(19-41(44)48)8-5-11-37(54)21-46(57)58)9-6-13-39(29)40-14-7-12-38(30(40)2)34-15-16-42(52-26-34)47(59)51-17-4-3-10-36(53)20-45(55)56/h6-7,9,12-16,18-19,22,24-26,36-37,53-54H,3-5,8,10-11,17,20-21,27-28H2,1-2H3,(H,51,59)(H,55,56)(H,57,58)/t36-,37-/m1/s1. The van der Waals surface area contributed by atoms with E-state index in [-0.39, 0.29) is 44.1 Å². The number of benzene rings is 3. The molecule has 2 atom stereocenters. The van der Waals surface area contributed by atoms with Crippen molar-refractivity contribution in [1.29, 1.82) is 5.26 Å². The van der Waals surface area contributed by atoms with Crippen LogP contribution in [0.5, 0.6) is 11.5 Å². The number of halogens is 1. The number of carbonyl (C=O) groups excluding carboxylic acids is 1. The van der Waals surface area contributed by atoms with Crippen LogP contribution in [0.25, 0.3) is 22.3 Å². The molecule has 61 heavy (non-hydrogen) atoms. The van der Waals surface area contributed by atoms with E-state index in [1.807, 2.05) is 44.2 Å². The number of aliphatic carboxylic acids is 2. The molecule has 0 fully saturated rings. The Kier molecular flexibility index (Phi) is 16.7. The number of ether oxygens (including phenoxy) is 2. The number of nitrogens with one attached hydrogen (secondary N) is 1. The predicted molar refractivity (Wildman–Crippen MR) is 229 cm³/mol. The molecule has 3 aromatic carbocycles. The molecule has 0 bridgehead atoms. The minimum atomic E-state index is -1.07. The second-order valence-corrected chi connectivity index (χ2v) is 15.2. The minimum Gasteiger partial charge on any atom is -0.488 e. The van der Waals surface area contributed by atoms with E-state index in [1.165, 1.54) is 6.20 Å². The summed E-state index contributed by atoms with van der Waals surface area (Å²) in [5, 5.41) is 50.1. The maximum atomic E-state index is 12.7. The lowest BCUT2D eigenvalue weighted by atomic mass is 9.90. The smallest absolute Gasteiger partial charge is 0.305 e. The van der Waals surface area contributed by atoms with Gasteiger partial charge in [-0.2, -0.15) is 5.26 Å². The van der Waals surface area contributed by atoms with Gasteiger partial charge in [0, 0.05) is 42.3 Å². The van der Waals surface area contributed by atoms with Crippen molar-refractivity contribution in [1.82, 2.24) is 15.3 Å². The van der Waals surface area contributed by atoms with E-state index in [1.54, 1.807) is 36.7 Å². The van der Waals surface area contributed by atoms with Crippen molar-refractivity contribution in [3.8, 4) is 39.8 Å². The average molecular weight is 849 g/mol. The first kappa shape index (κ1) is 45.7. The van der Waals surface area contributed by atoms with Crippen molar-refractivity contribution in [2.24, 2.45) is 0 Å². The molecule has 0 aliphatic heterocycles. The number of carboxylic acid groups (broad SMARTS) is 2. The van der Waals surface area contributed by atoms with Crippen LogP contribution in [0.3, 0.4) is 0 Å². The molecule has 318 valence electrons. The molecule has 5 aromatic rings.